The molecule has 0 amide bonds. The first kappa shape index (κ1) is 15.4. The number of rotatable bonds is 7. The Morgan fingerprint density at radius 2 is 1.83 bits per heavy atom. The lowest BCUT2D eigenvalue weighted by Gasteiger charge is -2.09. The maximum atomic E-state index is 10.6. The molecular formula is C10H11Cl2NO4S. The third-order valence-electron chi connectivity index (χ3n) is 1.90. The number of non-ortho nitro benzene ring substituents is 1. The Morgan fingerprint density at radius 1 is 1.22 bits per heavy atom. The zero-order valence-electron chi connectivity index (χ0n) is 9.27. The van der Waals surface area contributed by atoms with Crippen LogP contribution in [0.2, 0.25) is 10.0 Å². The predicted octanol–water partition coefficient (Wildman–Crippen LogP) is 3.23. The maximum Gasteiger partial charge on any atom is 0.272 e. The Morgan fingerprint density at radius 3 is 2.33 bits per heavy atom. The lowest BCUT2D eigenvalue weighted by molar-refractivity contribution is -0.384. The lowest BCUT2D eigenvalue weighted by atomic mass is 10.3. The Balaban J connectivity index is 2.63. The summed E-state index contributed by atoms with van der Waals surface area (Å²) in [7, 11) is 0. The van der Waals surface area contributed by atoms with Crippen LogP contribution in [0.25, 0.3) is 0 Å². The van der Waals surface area contributed by atoms with Crippen LogP contribution >= 0.6 is 35.8 Å². The summed E-state index contributed by atoms with van der Waals surface area (Å²) in [6.45, 7) is 1.14. The first-order valence-electron chi connectivity index (χ1n) is 5.01. The van der Waals surface area contributed by atoms with Crippen LogP contribution in [0, 0.1) is 10.1 Å². The molecule has 0 radical (unpaired) electrons. The second kappa shape index (κ2) is 7.68. The van der Waals surface area contributed by atoms with E-state index in [0.29, 0.717) is 19.0 Å². The standard InChI is InChI=1S/C10H11Cl2NO4S/c11-8-5-7(13(14)15)6-9(12)10(8)17-2-1-16-3-4-18/h5-6,18H,1-4H2. The molecule has 8 heteroatoms. The highest BCUT2D eigenvalue weighted by molar-refractivity contribution is 7.80. The quantitative estimate of drug-likeness (QED) is 0.363. The molecule has 0 saturated carbocycles. The molecule has 0 N–H and O–H groups in total. The van der Waals surface area contributed by atoms with Crippen molar-refractivity contribution in [2.24, 2.45) is 0 Å². The summed E-state index contributed by atoms with van der Waals surface area (Å²) in [6, 6.07) is 2.38. The van der Waals surface area contributed by atoms with Crippen molar-refractivity contribution in [2.45, 2.75) is 0 Å². The van der Waals surface area contributed by atoms with Crippen LogP contribution in [-0.2, 0) is 4.74 Å². The molecule has 1 aromatic carbocycles. The molecule has 1 rings (SSSR count). The molecule has 5 nitrogen and oxygen atoms in total. The summed E-state index contributed by atoms with van der Waals surface area (Å²) in [5.41, 5.74) is -0.177. The van der Waals surface area contributed by atoms with E-state index in [0.717, 1.165) is 0 Å². The Bertz CT molecular complexity index is 407. The summed E-state index contributed by atoms with van der Waals surface area (Å²) >= 11 is 15.7. The van der Waals surface area contributed by atoms with Gasteiger partial charge in [-0.05, 0) is 0 Å². The zero-order valence-corrected chi connectivity index (χ0v) is 11.7. The summed E-state index contributed by atoms with van der Waals surface area (Å²) in [5.74, 6) is 0.845. The van der Waals surface area contributed by atoms with Crippen LogP contribution in [0.4, 0.5) is 5.69 Å². The molecule has 0 aliphatic heterocycles. The minimum Gasteiger partial charge on any atom is -0.488 e. The number of nitrogens with zero attached hydrogens (tertiary/aromatic N) is 1. The van der Waals surface area contributed by atoms with Gasteiger partial charge < -0.3 is 9.47 Å². The van der Waals surface area contributed by atoms with Crippen molar-refractivity contribution in [3.05, 3.63) is 32.3 Å². The molecule has 100 valence electrons. The lowest BCUT2D eigenvalue weighted by Crippen LogP contribution is -2.08. The van der Waals surface area contributed by atoms with Gasteiger partial charge in [-0.2, -0.15) is 12.6 Å². The topological polar surface area (TPSA) is 61.6 Å². The van der Waals surface area contributed by atoms with Crippen molar-refractivity contribution in [3.8, 4) is 5.75 Å². The second-order valence-corrected chi connectivity index (χ2v) is 4.44. The van der Waals surface area contributed by atoms with Crippen molar-refractivity contribution in [1.82, 2.24) is 0 Å². The number of hydrogen-bond donors (Lipinski definition) is 1. The minimum atomic E-state index is -0.572. The number of nitro benzene ring substituents is 1. The van der Waals surface area contributed by atoms with Gasteiger partial charge in [0.2, 0.25) is 0 Å². The van der Waals surface area contributed by atoms with E-state index in [4.69, 9.17) is 32.7 Å². The van der Waals surface area contributed by atoms with Crippen molar-refractivity contribution in [2.75, 3.05) is 25.6 Å². The fourth-order valence-corrected chi connectivity index (χ4v) is 1.87. The summed E-state index contributed by atoms with van der Waals surface area (Å²) in [5, 5.41) is 10.8. The van der Waals surface area contributed by atoms with Crippen molar-refractivity contribution < 1.29 is 14.4 Å². The fourth-order valence-electron chi connectivity index (χ4n) is 1.16. The highest BCUT2D eigenvalue weighted by atomic mass is 35.5. The number of nitro groups is 1. The molecule has 0 saturated heterocycles. The summed E-state index contributed by atoms with van der Waals surface area (Å²) < 4.78 is 10.5. The van der Waals surface area contributed by atoms with Gasteiger partial charge >= 0.3 is 0 Å². The van der Waals surface area contributed by atoms with Gasteiger partial charge in [-0.1, -0.05) is 23.2 Å². The average Bonchev–Trinajstić information content (AvgIpc) is 2.31. The van der Waals surface area contributed by atoms with Gasteiger partial charge in [0.1, 0.15) is 6.61 Å². The zero-order chi connectivity index (χ0) is 13.5. The maximum absolute atomic E-state index is 10.6. The van der Waals surface area contributed by atoms with E-state index >= 15 is 0 Å². The number of hydrogen-bond acceptors (Lipinski definition) is 5. The molecule has 0 spiro atoms. The molecular weight excluding hydrogens is 301 g/mol. The van der Waals surface area contributed by atoms with E-state index in [9.17, 15) is 10.1 Å². The molecule has 1 aromatic rings. The highest BCUT2D eigenvalue weighted by Crippen LogP contribution is 2.36. The third-order valence-corrected chi connectivity index (χ3v) is 2.65. The van der Waals surface area contributed by atoms with E-state index in [1.807, 2.05) is 0 Å². The molecule has 0 fully saturated rings. The van der Waals surface area contributed by atoms with Crippen LogP contribution in [0.3, 0.4) is 0 Å². The van der Waals surface area contributed by atoms with Crippen LogP contribution < -0.4 is 4.74 Å². The van der Waals surface area contributed by atoms with Gasteiger partial charge in [0, 0.05) is 17.9 Å². The fraction of sp³-hybridized carbons (Fsp3) is 0.400. The predicted molar refractivity (Wildman–Crippen MR) is 73.3 cm³/mol. The van der Waals surface area contributed by atoms with Crippen LogP contribution in [0.15, 0.2) is 12.1 Å². The first-order chi connectivity index (χ1) is 8.56. The highest BCUT2D eigenvalue weighted by Gasteiger charge is 2.15. The minimum absolute atomic E-state index is 0.100. The SMILES string of the molecule is O=[N+]([O-])c1cc(Cl)c(OCCOCCS)c(Cl)c1. The normalized spacial score (nSPS) is 10.4. The van der Waals surface area contributed by atoms with Gasteiger partial charge in [0.05, 0.1) is 28.2 Å². The molecule has 18 heavy (non-hydrogen) atoms. The monoisotopic (exact) mass is 311 g/mol. The molecule has 0 unspecified atom stereocenters. The molecule has 0 aliphatic carbocycles. The van der Waals surface area contributed by atoms with E-state index in [-0.39, 0.29) is 28.1 Å². The molecule has 0 aliphatic rings. The first-order valence-corrected chi connectivity index (χ1v) is 6.40. The second-order valence-electron chi connectivity index (χ2n) is 3.18. The van der Waals surface area contributed by atoms with Crippen molar-refractivity contribution in [1.29, 1.82) is 0 Å². The van der Waals surface area contributed by atoms with Gasteiger partial charge in [-0.3, -0.25) is 10.1 Å². The van der Waals surface area contributed by atoms with Crippen molar-refractivity contribution in [3.63, 3.8) is 0 Å². The number of thiol groups is 1. The molecule has 0 bridgehead atoms. The molecule has 0 heterocycles. The smallest absolute Gasteiger partial charge is 0.272 e. The Labute approximate surface area is 120 Å². The number of benzene rings is 1. The number of ether oxygens (including phenoxy) is 2. The van der Waals surface area contributed by atoms with E-state index in [2.05, 4.69) is 12.6 Å². The van der Waals surface area contributed by atoms with Gasteiger partial charge in [-0.25, -0.2) is 0 Å². The van der Waals surface area contributed by atoms with Gasteiger partial charge in [0.25, 0.3) is 5.69 Å². The average molecular weight is 312 g/mol. The van der Waals surface area contributed by atoms with Crippen molar-refractivity contribution >= 4 is 41.5 Å². The molecule has 0 aromatic heterocycles. The summed E-state index contributed by atoms with van der Waals surface area (Å²) in [4.78, 5) is 10.00. The van der Waals surface area contributed by atoms with Crippen LogP contribution in [-0.4, -0.2) is 30.5 Å². The van der Waals surface area contributed by atoms with Crippen LogP contribution in [0.5, 0.6) is 5.75 Å². The largest absolute Gasteiger partial charge is 0.488 e. The molecule has 0 atom stereocenters. The number of halogens is 2. The van der Waals surface area contributed by atoms with E-state index < -0.39 is 4.92 Å². The van der Waals surface area contributed by atoms with Crippen LogP contribution in [0.1, 0.15) is 0 Å². The Hall–Kier alpha value is -0.690. The third kappa shape index (κ3) is 4.53. The van der Waals surface area contributed by atoms with Gasteiger partial charge in [0.15, 0.2) is 5.75 Å². The van der Waals surface area contributed by atoms with E-state index in [1.165, 1.54) is 12.1 Å². The van der Waals surface area contributed by atoms with Gasteiger partial charge in [-0.15, -0.1) is 0 Å². The summed E-state index contributed by atoms with van der Waals surface area (Å²) in [6.07, 6.45) is 0. The Kier molecular flexibility index (Phi) is 6.56. The van der Waals surface area contributed by atoms with E-state index in [1.54, 1.807) is 0 Å².